The number of hydrogen-bond acceptors (Lipinski definition) is 5. The van der Waals surface area contributed by atoms with Crippen molar-refractivity contribution < 1.29 is 24.5 Å². The van der Waals surface area contributed by atoms with Gasteiger partial charge in [0.2, 0.25) is 5.91 Å². The lowest BCUT2D eigenvalue weighted by molar-refractivity contribution is -0.151. The third-order valence-electron chi connectivity index (χ3n) is 13.4. The highest BCUT2D eigenvalue weighted by Crippen LogP contribution is 2.19. The Hall–Kier alpha value is -1.14. The first-order valence-corrected chi connectivity index (χ1v) is 28.3. The van der Waals surface area contributed by atoms with E-state index in [9.17, 15) is 19.8 Å². The molecule has 3 atom stereocenters. The Labute approximate surface area is 387 Å². The molecule has 0 aliphatic heterocycles. The summed E-state index contributed by atoms with van der Waals surface area (Å²) in [7, 11) is 0. The van der Waals surface area contributed by atoms with Gasteiger partial charge >= 0.3 is 5.97 Å². The number of esters is 1. The van der Waals surface area contributed by atoms with Gasteiger partial charge in [-0.15, -0.1) is 0 Å². The van der Waals surface area contributed by atoms with Crippen LogP contribution in [0.15, 0.2) is 0 Å². The third kappa shape index (κ3) is 45.4. The topological polar surface area (TPSA) is 95.9 Å². The number of carbonyl (C=O) groups is 2. The van der Waals surface area contributed by atoms with Crippen LogP contribution in [0.1, 0.15) is 323 Å². The van der Waals surface area contributed by atoms with Gasteiger partial charge in [0, 0.05) is 6.42 Å². The molecular formula is C56H111NO5. The van der Waals surface area contributed by atoms with Gasteiger partial charge in [0.25, 0.3) is 0 Å². The van der Waals surface area contributed by atoms with Crippen molar-refractivity contribution in [3.05, 3.63) is 0 Å². The van der Waals surface area contributed by atoms with E-state index in [4.69, 9.17) is 4.74 Å². The molecular weight excluding hydrogens is 767 g/mol. The molecule has 6 nitrogen and oxygen atoms in total. The highest BCUT2D eigenvalue weighted by atomic mass is 16.5. The Balaban J connectivity index is 4.45. The number of carbonyl (C=O) groups excluding carboxylic acids is 2. The maximum atomic E-state index is 13.2. The average Bonchev–Trinajstić information content (AvgIpc) is 3.26. The Kier molecular flexibility index (Phi) is 49.9. The zero-order valence-electron chi connectivity index (χ0n) is 42.3. The molecule has 0 aromatic rings. The standard InChI is InChI=1S/C56H111NO5/c1-4-7-10-13-16-19-22-25-26-27-28-29-31-34-37-40-43-46-49-56(61)62-52(47-44-41-38-35-32-30-23-20-17-14-11-8-5-2)50-55(60)57-53(51-58)54(59)48-45-42-39-36-33-24-21-18-15-12-9-6-3/h52-54,58-59H,4-51H2,1-3H3,(H,57,60). The molecule has 0 fully saturated rings. The second kappa shape index (κ2) is 50.9. The van der Waals surface area contributed by atoms with E-state index in [0.29, 0.717) is 19.3 Å². The minimum absolute atomic E-state index is 0.0882. The molecule has 0 saturated heterocycles. The summed E-state index contributed by atoms with van der Waals surface area (Å²) in [6.07, 6.45) is 56.0. The molecule has 0 aliphatic rings. The van der Waals surface area contributed by atoms with Gasteiger partial charge in [0.05, 0.1) is 25.2 Å². The van der Waals surface area contributed by atoms with Gasteiger partial charge in [-0.2, -0.15) is 0 Å². The van der Waals surface area contributed by atoms with E-state index in [1.165, 1.54) is 238 Å². The van der Waals surface area contributed by atoms with Gasteiger partial charge in [0.15, 0.2) is 0 Å². The Morgan fingerprint density at radius 2 is 0.677 bits per heavy atom. The van der Waals surface area contributed by atoms with E-state index < -0.39 is 18.2 Å². The lowest BCUT2D eigenvalue weighted by Gasteiger charge is -2.24. The number of ether oxygens (including phenoxy) is 1. The van der Waals surface area contributed by atoms with Crippen molar-refractivity contribution in [2.45, 2.75) is 341 Å². The summed E-state index contributed by atoms with van der Waals surface area (Å²) >= 11 is 0. The monoisotopic (exact) mass is 878 g/mol. The molecule has 6 heteroatoms. The van der Waals surface area contributed by atoms with Crippen molar-refractivity contribution in [2.24, 2.45) is 0 Å². The van der Waals surface area contributed by atoms with Crippen molar-refractivity contribution in [1.29, 1.82) is 0 Å². The smallest absolute Gasteiger partial charge is 0.306 e. The van der Waals surface area contributed by atoms with Crippen molar-refractivity contribution in [3.8, 4) is 0 Å². The Morgan fingerprint density at radius 1 is 0.403 bits per heavy atom. The first-order valence-electron chi connectivity index (χ1n) is 28.3. The summed E-state index contributed by atoms with van der Waals surface area (Å²) < 4.78 is 5.96. The normalized spacial score (nSPS) is 13.0. The summed E-state index contributed by atoms with van der Waals surface area (Å²) in [6.45, 7) is 6.52. The van der Waals surface area contributed by atoms with E-state index in [2.05, 4.69) is 26.1 Å². The van der Waals surface area contributed by atoms with Gasteiger partial charge in [0.1, 0.15) is 6.10 Å². The SMILES string of the molecule is CCCCCCCCCCCCCCCCCCCCC(=O)OC(CCCCCCCCCCCCCCC)CC(=O)NC(CO)C(O)CCCCCCCCCCCCCC. The van der Waals surface area contributed by atoms with Crippen LogP contribution >= 0.6 is 0 Å². The van der Waals surface area contributed by atoms with Gasteiger partial charge in [-0.25, -0.2) is 0 Å². The lowest BCUT2D eigenvalue weighted by atomic mass is 10.0. The summed E-state index contributed by atoms with van der Waals surface area (Å²) in [5.74, 6) is -0.446. The van der Waals surface area contributed by atoms with Crippen LogP contribution < -0.4 is 5.32 Å². The molecule has 0 aliphatic carbocycles. The number of rotatable bonds is 52. The molecule has 0 rings (SSSR count). The fourth-order valence-corrected chi connectivity index (χ4v) is 9.14. The molecule has 0 radical (unpaired) electrons. The molecule has 0 aromatic carbocycles. The maximum Gasteiger partial charge on any atom is 0.306 e. The summed E-state index contributed by atoms with van der Waals surface area (Å²) in [6, 6.07) is -0.692. The molecule has 0 spiro atoms. The van der Waals surface area contributed by atoms with Crippen molar-refractivity contribution >= 4 is 11.9 Å². The molecule has 62 heavy (non-hydrogen) atoms. The summed E-state index contributed by atoms with van der Waals surface area (Å²) in [4.78, 5) is 26.2. The van der Waals surface area contributed by atoms with Crippen LogP contribution in [0.2, 0.25) is 0 Å². The van der Waals surface area contributed by atoms with Gasteiger partial charge in [-0.3, -0.25) is 9.59 Å². The lowest BCUT2D eigenvalue weighted by Crippen LogP contribution is -2.46. The highest BCUT2D eigenvalue weighted by molar-refractivity contribution is 5.77. The third-order valence-corrected chi connectivity index (χ3v) is 13.4. The molecule has 370 valence electrons. The van der Waals surface area contributed by atoms with Crippen molar-refractivity contribution in [2.75, 3.05) is 6.61 Å². The Morgan fingerprint density at radius 3 is 0.984 bits per heavy atom. The molecule has 0 heterocycles. The van der Waals surface area contributed by atoms with Crippen LogP contribution in [0.5, 0.6) is 0 Å². The fourth-order valence-electron chi connectivity index (χ4n) is 9.14. The van der Waals surface area contributed by atoms with E-state index in [0.717, 1.165) is 38.5 Å². The predicted octanol–water partition coefficient (Wildman–Crippen LogP) is 17.1. The van der Waals surface area contributed by atoms with Crippen LogP contribution in [0.3, 0.4) is 0 Å². The minimum atomic E-state index is -0.779. The van der Waals surface area contributed by atoms with Crippen LogP contribution in [-0.2, 0) is 14.3 Å². The first kappa shape index (κ1) is 60.9. The van der Waals surface area contributed by atoms with Gasteiger partial charge in [-0.05, 0) is 25.7 Å². The Bertz CT molecular complexity index is 898. The molecule has 0 aromatic heterocycles. The van der Waals surface area contributed by atoms with Crippen LogP contribution in [0.25, 0.3) is 0 Å². The molecule has 3 N–H and O–H groups in total. The predicted molar refractivity (Wildman–Crippen MR) is 269 cm³/mol. The van der Waals surface area contributed by atoms with Crippen LogP contribution in [-0.4, -0.2) is 46.9 Å². The molecule has 3 unspecified atom stereocenters. The zero-order chi connectivity index (χ0) is 45.2. The molecule has 1 amide bonds. The van der Waals surface area contributed by atoms with Gasteiger partial charge < -0.3 is 20.3 Å². The number of aliphatic hydroxyl groups excluding tert-OH is 2. The van der Waals surface area contributed by atoms with Gasteiger partial charge in [-0.1, -0.05) is 284 Å². The number of aliphatic hydroxyl groups is 2. The largest absolute Gasteiger partial charge is 0.462 e. The molecule has 0 bridgehead atoms. The van der Waals surface area contributed by atoms with Crippen LogP contribution in [0.4, 0.5) is 0 Å². The van der Waals surface area contributed by atoms with Crippen LogP contribution in [0, 0.1) is 0 Å². The first-order chi connectivity index (χ1) is 30.5. The molecule has 0 saturated carbocycles. The quantitative estimate of drug-likeness (QED) is 0.0418. The number of hydrogen-bond donors (Lipinski definition) is 3. The maximum absolute atomic E-state index is 13.2. The minimum Gasteiger partial charge on any atom is -0.462 e. The number of nitrogens with one attached hydrogen (secondary N) is 1. The van der Waals surface area contributed by atoms with E-state index in [-0.39, 0.29) is 24.9 Å². The number of amides is 1. The zero-order valence-corrected chi connectivity index (χ0v) is 42.3. The van der Waals surface area contributed by atoms with Crippen molar-refractivity contribution in [3.63, 3.8) is 0 Å². The number of unbranched alkanes of at least 4 members (excludes halogenated alkanes) is 40. The van der Waals surface area contributed by atoms with E-state index >= 15 is 0 Å². The summed E-state index contributed by atoms with van der Waals surface area (Å²) in [5.41, 5.74) is 0. The second-order valence-electron chi connectivity index (χ2n) is 19.7. The summed E-state index contributed by atoms with van der Waals surface area (Å²) in [5, 5.41) is 23.8. The van der Waals surface area contributed by atoms with Crippen molar-refractivity contribution in [1.82, 2.24) is 5.32 Å². The second-order valence-corrected chi connectivity index (χ2v) is 19.7. The highest BCUT2D eigenvalue weighted by Gasteiger charge is 2.24. The fraction of sp³-hybridized carbons (Fsp3) is 0.964. The van der Waals surface area contributed by atoms with E-state index in [1.54, 1.807) is 0 Å². The van der Waals surface area contributed by atoms with E-state index in [1.807, 2.05) is 0 Å². The average molecular weight is 879 g/mol.